The molecule has 10 heteroatoms. The minimum Gasteiger partial charge on any atom is -0.497 e. The molecule has 0 bridgehead atoms. The van der Waals surface area contributed by atoms with Crippen molar-refractivity contribution in [1.29, 1.82) is 0 Å². The number of aryl methyl sites for hydroxylation is 2. The van der Waals surface area contributed by atoms with E-state index in [1.54, 1.807) is 55.3 Å². The number of methoxy groups -OCH3 is 1. The molecule has 4 rings (SSSR count). The Morgan fingerprint density at radius 2 is 2.10 bits per heavy atom. The molecule has 3 aromatic heterocycles. The van der Waals surface area contributed by atoms with Crippen LogP contribution in [0.2, 0.25) is 0 Å². The van der Waals surface area contributed by atoms with Gasteiger partial charge < -0.3 is 10.1 Å². The molecular weight excluding hydrogens is 406 g/mol. The number of pyridine rings is 1. The average molecular weight is 426 g/mol. The molecule has 31 heavy (non-hydrogen) atoms. The lowest BCUT2D eigenvalue weighted by molar-refractivity contribution is -0.116. The smallest absolute Gasteiger partial charge is 0.264 e. The summed E-state index contributed by atoms with van der Waals surface area (Å²) >= 11 is 0. The largest absolute Gasteiger partial charge is 0.497 e. The number of fused-ring (bicyclic) bond motifs is 1. The molecule has 3 heterocycles. The summed E-state index contributed by atoms with van der Waals surface area (Å²) in [4.78, 5) is 17.1. The SMILES string of the molecule is COc1cccc(NC(=O)Cn2nc(C)c3c(C(F)F)cc(-c4cnn(C)c4)nc32)c1. The highest BCUT2D eigenvalue weighted by molar-refractivity contribution is 5.92. The Morgan fingerprint density at radius 1 is 1.29 bits per heavy atom. The van der Waals surface area contributed by atoms with Gasteiger partial charge in [0.15, 0.2) is 5.65 Å². The van der Waals surface area contributed by atoms with Crippen LogP contribution in [0.15, 0.2) is 42.7 Å². The number of ether oxygens (including phenoxy) is 1. The molecule has 0 spiro atoms. The fourth-order valence-electron chi connectivity index (χ4n) is 3.41. The number of carbonyl (C=O) groups is 1. The van der Waals surface area contributed by atoms with Crippen LogP contribution in [0.25, 0.3) is 22.3 Å². The topological polar surface area (TPSA) is 86.9 Å². The Morgan fingerprint density at radius 3 is 2.77 bits per heavy atom. The number of halogens is 2. The summed E-state index contributed by atoms with van der Waals surface area (Å²) in [6.07, 6.45) is 0.516. The molecule has 8 nitrogen and oxygen atoms in total. The molecule has 0 radical (unpaired) electrons. The molecule has 160 valence electrons. The van der Waals surface area contributed by atoms with E-state index in [0.29, 0.717) is 28.4 Å². The van der Waals surface area contributed by atoms with Crippen molar-refractivity contribution in [3.63, 3.8) is 0 Å². The summed E-state index contributed by atoms with van der Waals surface area (Å²) in [5.74, 6) is 0.229. The second-order valence-electron chi connectivity index (χ2n) is 7.02. The highest BCUT2D eigenvalue weighted by Crippen LogP contribution is 2.33. The highest BCUT2D eigenvalue weighted by Gasteiger charge is 2.22. The zero-order chi connectivity index (χ0) is 22.1. The number of aromatic nitrogens is 5. The number of anilines is 1. The minimum atomic E-state index is -2.72. The molecule has 0 saturated carbocycles. The first kappa shape index (κ1) is 20.5. The molecule has 0 aliphatic carbocycles. The lowest BCUT2D eigenvalue weighted by Gasteiger charge is -2.09. The third-order valence-electron chi connectivity index (χ3n) is 4.79. The number of benzene rings is 1. The van der Waals surface area contributed by atoms with Crippen LogP contribution in [0.5, 0.6) is 5.75 Å². The van der Waals surface area contributed by atoms with Gasteiger partial charge in [-0.2, -0.15) is 10.2 Å². The number of hydrogen-bond acceptors (Lipinski definition) is 5. The van der Waals surface area contributed by atoms with E-state index < -0.39 is 6.43 Å². The van der Waals surface area contributed by atoms with Gasteiger partial charge in [-0.3, -0.25) is 9.48 Å². The van der Waals surface area contributed by atoms with E-state index in [9.17, 15) is 13.6 Å². The van der Waals surface area contributed by atoms with Crippen molar-refractivity contribution >= 4 is 22.6 Å². The van der Waals surface area contributed by atoms with Crippen LogP contribution in [0.4, 0.5) is 14.5 Å². The summed E-state index contributed by atoms with van der Waals surface area (Å²) in [7, 11) is 3.26. The van der Waals surface area contributed by atoms with E-state index in [-0.39, 0.29) is 29.0 Å². The zero-order valence-corrected chi connectivity index (χ0v) is 17.1. The molecule has 0 aliphatic heterocycles. The lowest BCUT2D eigenvalue weighted by atomic mass is 10.1. The first-order valence-corrected chi connectivity index (χ1v) is 9.45. The molecule has 1 aromatic carbocycles. The maximum absolute atomic E-state index is 13.8. The maximum atomic E-state index is 13.8. The van der Waals surface area contributed by atoms with Gasteiger partial charge >= 0.3 is 0 Å². The van der Waals surface area contributed by atoms with Gasteiger partial charge in [0.2, 0.25) is 5.91 Å². The third-order valence-corrected chi connectivity index (χ3v) is 4.79. The van der Waals surface area contributed by atoms with Crippen molar-refractivity contribution in [1.82, 2.24) is 24.5 Å². The normalized spacial score (nSPS) is 11.3. The van der Waals surface area contributed by atoms with Crippen LogP contribution in [0, 0.1) is 6.92 Å². The first-order chi connectivity index (χ1) is 14.9. The van der Waals surface area contributed by atoms with Gasteiger partial charge in [0, 0.05) is 36.1 Å². The maximum Gasteiger partial charge on any atom is 0.264 e. The zero-order valence-electron chi connectivity index (χ0n) is 17.1. The predicted octanol–water partition coefficient (Wildman–Crippen LogP) is 3.73. The quantitative estimate of drug-likeness (QED) is 0.508. The van der Waals surface area contributed by atoms with Gasteiger partial charge in [-0.25, -0.2) is 18.4 Å². The molecule has 0 aliphatic rings. The average Bonchev–Trinajstić information content (AvgIpc) is 3.31. The van der Waals surface area contributed by atoms with Crippen molar-refractivity contribution in [2.24, 2.45) is 7.05 Å². The second-order valence-corrected chi connectivity index (χ2v) is 7.02. The molecule has 0 fully saturated rings. The molecule has 0 saturated heterocycles. The summed E-state index contributed by atoms with van der Waals surface area (Å²) in [5, 5.41) is 11.4. The van der Waals surface area contributed by atoms with E-state index in [1.165, 1.54) is 17.9 Å². The van der Waals surface area contributed by atoms with Crippen LogP contribution < -0.4 is 10.1 Å². The van der Waals surface area contributed by atoms with E-state index >= 15 is 0 Å². The van der Waals surface area contributed by atoms with Crippen molar-refractivity contribution in [3.05, 3.63) is 54.0 Å². The Bertz CT molecular complexity index is 1260. The van der Waals surface area contributed by atoms with Crippen molar-refractivity contribution in [2.45, 2.75) is 19.9 Å². The number of hydrogen-bond donors (Lipinski definition) is 1. The number of amides is 1. The summed E-state index contributed by atoms with van der Waals surface area (Å²) in [6.45, 7) is 1.43. The van der Waals surface area contributed by atoms with Gasteiger partial charge in [0.1, 0.15) is 12.3 Å². The summed E-state index contributed by atoms with van der Waals surface area (Å²) in [5.41, 5.74) is 1.90. The van der Waals surface area contributed by atoms with Crippen molar-refractivity contribution in [2.75, 3.05) is 12.4 Å². The van der Waals surface area contributed by atoms with E-state index in [4.69, 9.17) is 4.74 Å². The Kier molecular flexibility index (Phi) is 5.37. The standard InChI is InChI=1S/C21H20F2N6O2/c1-12-19-16(20(22)23)8-17(13-9-24-28(2)10-13)26-21(19)29(27-12)11-18(30)25-14-5-4-6-15(7-14)31-3/h4-10,20H,11H2,1-3H3,(H,25,30). The Labute approximate surface area is 176 Å². The van der Waals surface area contributed by atoms with E-state index in [1.807, 2.05) is 0 Å². The van der Waals surface area contributed by atoms with Gasteiger partial charge in [0.25, 0.3) is 6.43 Å². The summed E-state index contributed by atoms with van der Waals surface area (Å²) < 4.78 is 35.7. The minimum absolute atomic E-state index is 0.180. The fraction of sp³-hybridized carbons (Fsp3) is 0.238. The van der Waals surface area contributed by atoms with Crippen molar-refractivity contribution in [3.8, 4) is 17.0 Å². The number of alkyl halides is 2. The fourth-order valence-corrected chi connectivity index (χ4v) is 3.41. The lowest BCUT2D eigenvalue weighted by Crippen LogP contribution is -2.20. The van der Waals surface area contributed by atoms with E-state index in [2.05, 4.69) is 20.5 Å². The second kappa shape index (κ2) is 8.13. The van der Waals surface area contributed by atoms with Crippen LogP contribution in [-0.2, 0) is 18.4 Å². The number of nitrogens with one attached hydrogen (secondary N) is 1. The Balaban J connectivity index is 1.72. The third kappa shape index (κ3) is 4.09. The molecule has 4 aromatic rings. The van der Waals surface area contributed by atoms with Gasteiger partial charge in [-0.15, -0.1) is 0 Å². The van der Waals surface area contributed by atoms with Crippen LogP contribution in [0.1, 0.15) is 17.7 Å². The number of nitrogens with zero attached hydrogens (tertiary/aromatic N) is 5. The van der Waals surface area contributed by atoms with Crippen molar-refractivity contribution < 1.29 is 18.3 Å². The predicted molar refractivity (Wildman–Crippen MR) is 111 cm³/mol. The molecular formula is C21H20F2N6O2. The van der Waals surface area contributed by atoms with E-state index in [0.717, 1.165) is 0 Å². The number of carbonyl (C=O) groups excluding carboxylic acids is 1. The molecule has 1 N–H and O–H groups in total. The van der Waals surface area contributed by atoms with Gasteiger partial charge in [0.05, 0.1) is 30.1 Å². The summed E-state index contributed by atoms with van der Waals surface area (Å²) in [6, 6.07) is 8.26. The Hall–Kier alpha value is -3.82. The highest BCUT2D eigenvalue weighted by atomic mass is 19.3. The van der Waals surface area contributed by atoms with Gasteiger partial charge in [-0.1, -0.05) is 6.07 Å². The van der Waals surface area contributed by atoms with Gasteiger partial charge in [-0.05, 0) is 25.1 Å². The molecule has 0 atom stereocenters. The first-order valence-electron chi connectivity index (χ1n) is 9.45. The number of rotatable bonds is 6. The molecule has 1 amide bonds. The molecule has 0 unspecified atom stereocenters. The monoisotopic (exact) mass is 426 g/mol. The van der Waals surface area contributed by atoms with Crippen LogP contribution in [0.3, 0.4) is 0 Å². The van der Waals surface area contributed by atoms with Crippen LogP contribution >= 0.6 is 0 Å². The van der Waals surface area contributed by atoms with Crippen LogP contribution in [-0.4, -0.2) is 37.6 Å².